The maximum atomic E-state index is 11.5. The van der Waals surface area contributed by atoms with Gasteiger partial charge in [0.25, 0.3) is 5.56 Å². The van der Waals surface area contributed by atoms with Gasteiger partial charge in [-0.05, 0) is 0 Å². The van der Waals surface area contributed by atoms with Crippen molar-refractivity contribution in [3.63, 3.8) is 0 Å². The van der Waals surface area contributed by atoms with Crippen molar-refractivity contribution in [1.82, 2.24) is 9.97 Å². The van der Waals surface area contributed by atoms with Crippen molar-refractivity contribution in [3.8, 4) is 0 Å². The molecule has 16 heavy (non-hydrogen) atoms. The van der Waals surface area contributed by atoms with Gasteiger partial charge in [-0.1, -0.05) is 0 Å². The zero-order chi connectivity index (χ0) is 11.7. The fourth-order valence-corrected chi connectivity index (χ4v) is 1.74. The molecular formula is C9H13N3O4. The Morgan fingerprint density at radius 2 is 2.44 bits per heavy atom. The molecule has 1 aliphatic heterocycles. The number of nitrogens with zero attached hydrogens (tertiary/aromatic N) is 1. The topological polar surface area (TPSA) is 121 Å². The van der Waals surface area contributed by atoms with Gasteiger partial charge >= 0.3 is 0 Å². The Hall–Kier alpha value is -1.44. The SMILES string of the molecule is Nc1ncc([C@H]2C[C@@H](O)[C@@H](CO)O2)c(=O)[nH]1. The number of aromatic amines is 1. The molecular weight excluding hydrogens is 214 g/mol. The first-order valence-corrected chi connectivity index (χ1v) is 4.91. The molecule has 1 fully saturated rings. The third kappa shape index (κ3) is 1.92. The highest BCUT2D eigenvalue weighted by molar-refractivity contribution is 5.20. The molecule has 5 N–H and O–H groups in total. The van der Waals surface area contributed by atoms with E-state index < -0.39 is 18.3 Å². The lowest BCUT2D eigenvalue weighted by atomic mass is 10.1. The van der Waals surface area contributed by atoms with Crippen molar-refractivity contribution < 1.29 is 14.9 Å². The second-order valence-corrected chi connectivity index (χ2v) is 3.70. The minimum absolute atomic E-state index is 0.0333. The number of H-pyrrole nitrogens is 1. The van der Waals surface area contributed by atoms with Crippen molar-refractivity contribution in [2.45, 2.75) is 24.7 Å². The molecule has 0 aliphatic carbocycles. The Morgan fingerprint density at radius 1 is 1.69 bits per heavy atom. The zero-order valence-electron chi connectivity index (χ0n) is 8.46. The van der Waals surface area contributed by atoms with Crippen LogP contribution in [0.5, 0.6) is 0 Å². The van der Waals surface area contributed by atoms with Crippen LogP contribution >= 0.6 is 0 Å². The molecule has 0 unspecified atom stereocenters. The third-order valence-electron chi connectivity index (χ3n) is 2.60. The Morgan fingerprint density at radius 3 is 3.00 bits per heavy atom. The number of aliphatic hydroxyl groups is 2. The molecule has 2 heterocycles. The summed E-state index contributed by atoms with van der Waals surface area (Å²) in [5, 5.41) is 18.4. The number of aliphatic hydroxyl groups excluding tert-OH is 2. The molecule has 7 heteroatoms. The Bertz CT molecular complexity index is 433. The van der Waals surface area contributed by atoms with Gasteiger partial charge in [0.05, 0.1) is 24.4 Å². The molecule has 0 amide bonds. The van der Waals surface area contributed by atoms with Crippen LogP contribution in [-0.2, 0) is 4.74 Å². The highest BCUT2D eigenvalue weighted by Gasteiger charge is 2.35. The molecule has 88 valence electrons. The molecule has 2 rings (SSSR count). The fraction of sp³-hybridized carbons (Fsp3) is 0.556. The van der Waals surface area contributed by atoms with Gasteiger partial charge in [-0.3, -0.25) is 9.78 Å². The summed E-state index contributed by atoms with van der Waals surface area (Å²) >= 11 is 0. The molecule has 1 saturated heterocycles. The normalized spacial score (nSPS) is 29.5. The van der Waals surface area contributed by atoms with E-state index in [1.165, 1.54) is 6.20 Å². The summed E-state index contributed by atoms with van der Waals surface area (Å²) in [4.78, 5) is 17.6. The van der Waals surface area contributed by atoms with Crippen molar-refractivity contribution in [2.75, 3.05) is 12.3 Å². The lowest BCUT2D eigenvalue weighted by Crippen LogP contribution is -2.24. The van der Waals surface area contributed by atoms with Gasteiger partial charge in [-0.15, -0.1) is 0 Å². The van der Waals surface area contributed by atoms with Crippen LogP contribution in [-0.4, -0.2) is 39.0 Å². The molecule has 0 saturated carbocycles. The van der Waals surface area contributed by atoms with E-state index in [9.17, 15) is 9.90 Å². The molecule has 1 aromatic rings. The maximum Gasteiger partial charge on any atom is 0.258 e. The number of nitrogens with two attached hydrogens (primary N) is 1. The summed E-state index contributed by atoms with van der Waals surface area (Å²) in [7, 11) is 0. The number of rotatable bonds is 2. The second kappa shape index (κ2) is 4.20. The van der Waals surface area contributed by atoms with E-state index in [4.69, 9.17) is 15.6 Å². The van der Waals surface area contributed by atoms with Crippen LogP contribution in [0.2, 0.25) is 0 Å². The highest BCUT2D eigenvalue weighted by atomic mass is 16.5. The monoisotopic (exact) mass is 227 g/mol. The Kier molecular flexibility index (Phi) is 2.90. The standard InChI is InChI=1S/C9H13N3O4/c10-9-11-2-4(8(15)12-9)6-1-5(14)7(3-13)16-6/h2,5-7,13-14H,1,3H2,(H3,10,11,12,15)/t5-,6-,7-/m1/s1. The van der Waals surface area contributed by atoms with E-state index >= 15 is 0 Å². The van der Waals surface area contributed by atoms with Crippen LogP contribution in [0.3, 0.4) is 0 Å². The molecule has 1 aromatic heterocycles. The number of anilines is 1. The van der Waals surface area contributed by atoms with Crippen LogP contribution in [0.1, 0.15) is 18.1 Å². The van der Waals surface area contributed by atoms with E-state index in [1.807, 2.05) is 0 Å². The van der Waals surface area contributed by atoms with Crippen LogP contribution < -0.4 is 11.3 Å². The number of ether oxygens (including phenoxy) is 1. The molecule has 0 aromatic carbocycles. The van der Waals surface area contributed by atoms with Crippen molar-refractivity contribution in [2.24, 2.45) is 0 Å². The number of hydrogen-bond acceptors (Lipinski definition) is 6. The summed E-state index contributed by atoms with van der Waals surface area (Å²) in [5.41, 5.74) is 5.23. The highest BCUT2D eigenvalue weighted by Crippen LogP contribution is 2.30. The van der Waals surface area contributed by atoms with Crippen LogP contribution in [0.4, 0.5) is 5.95 Å². The molecule has 0 bridgehead atoms. The smallest absolute Gasteiger partial charge is 0.258 e. The first-order chi connectivity index (χ1) is 7.61. The largest absolute Gasteiger partial charge is 0.394 e. The molecule has 0 radical (unpaired) electrons. The van der Waals surface area contributed by atoms with E-state index in [1.54, 1.807) is 0 Å². The summed E-state index contributed by atoms with van der Waals surface area (Å²) < 4.78 is 5.33. The first-order valence-electron chi connectivity index (χ1n) is 4.91. The summed E-state index contributed by atoms with van der Waals surface area (Å²) in [6.45, 7) is -0.280. The Labute approximate surface area is 90.9 Å². The molecule has 0 spiro atoms. The van der Waals surface area contributed by atoms with Gasteiger partial charge in [-0.25, -0.2) is 4.98 Å². The van der Waals surface area contributed by atoms with E-state index in [2.05, 4.69) is 9.97 Å². The average Bonchev–Trinajstić information content (AvgIpc) is 2.59. The minimum Gasteiger partial charge on any atom is -0.394 e. The predicted octanol–water partition coefficient (Wildman–Crippen LogP) is -1.46. The van der Waals surface area contributed by atoms with Gasteiger partial charge in [0.2, 0.25) is 0 Å². The third-order valence-corrected chi connectivity index (χ3v) is 2.60. The number of aromatic nitrogens is 2. The summed E-state index contributed by atoms with van der Waals surface area (Å²) in [5.74, 6) is 0.0333. The van der Waals surface area contributed by atoms with Gasteiger partial charge in [0, 0.05) is 12.6 Å². The lowest BCUT2D eigenvalue weighted by molar-refractivity contribution is -0.0229. The number of nitrogens with one attached hydrogen (secondary N) is 1. The van der Waals surface area contributed by atoms with Crippen LogP contribution in [0.25, 0.3) is 0 Å². The quantitative estimate of drug-likeness (QED) is 0.489. The first kappa shape index (κ1) is 11.1. The van der Waals surface area contributed by atoms with Gasteiger partial charge < -0.3 is 20.7 Å². The van der Waals surface area contributed by atoms with Crippen LogP contribution in [0, 0.1) is 0 Å². The predicted molar refractivity (Wildman–Crippen MR) is 54.6 cm³/mol. The maximum absolute atomic E-state index is 11.5. The minimum atomic E-state index is -0.771. The Balaban J connectivity index is 2.23. The number of nitrogen functional groups attached to an aromatic ring is 1. The van der Waals surface area contributed by atoms with Crippen molar-refractivity contribution >= 4 is 5.95 Å². The van der Waals surface area contributed by atoms with Gasteiger partial charge in [-0.2, -0.15) is 0 Å². The fourth-order valence-electron chi connectivity index (χ4n) is 1.74. The van der Waals surface area contributed by atoms with Crippen molar-refractivity contribution in [1.29, 1.82) is 0 Å². The van der Waals surface area contributed by atoms with E-state index in [0.717, 1.165) is 0 Å². The molecule has 7 nitrogen and oxygen atoms in total. The zero-order valence-corrected chi connectivity index (χ0v) is 8.46. The van der Waals surface area contributed by atoms with Crippen molar-refractivity contribution in [3.05, 3.63) is 22.1 Å². The lowest BCUT2D eigenvalue weighted by Gasteiger charge is -2.11. The van der Waals surface area contributed by atoms with Gasteiger partial charge in [0.1, 0.15) is 6.10 Å². The number of hydrogen-bond donors (Lipinski definition) is 4. The van der Waals surface area contributed by atoms with E-state index in [0.29, 0.717) is 5.56 Å². The van der Waals surface area contributed by atoms with Gasteiger partial charge in [0.15, 0.2) is 5.95 Å². The second-order valence-electron chi connectivity index (χ2n) is 3.70. The molecule has 3 atom stereocenters. The molecule has 1 aliphatic rings. The summed E-state index contributed by atoms with van der Waals surface area (Å²) in [6, 6.07) is 0. The van der Waals surface area contributed by atoms with Crippen LogP contribution in [0.15, 0.2) is 11.0 Å². The average molecular weight is 227 g/mol. The summed E-state index contributed by atoms with van der Waals surface area (Å²) in [6.07, 6.45) is -0.386. The van der Waals surface area contributed by atoms with E-state index in [-0.39, 0.29) is 24.5 Å².